The number of benzene rings is 3. The van der Waals surface area contributed by atoms with E-state index in [1.165, 1.54) is 49.0 Å². The molecule has 0 aliphatic rings. The van der Waals surface area contributed by atoms with Gasteiger partial charge in [0.1, 0.15) is 5.82 Å². The Morgan fingerprint density at radius 3 is 2.32 bits per heavy atom. The van der Waals surface area contributed by atoms with Crippen molar-refractivity contribution in [2.45, 2.75) is 31.2 Å². The van der Waals surface area contributed by atoms with Gasteiger partial charge in [0, 0.05) is 19.2 Å². The number of halogens is 1. The number of nitrogens with one attached hydrogen (secondary N) is 1. The fourth-order valence-corrected chi connectivity index (χ4v) is 4.35. The predicted molar refractivity (Wildman–Crippen MR) is 120 cm³/mol. The molecule has 0 spiro atoms. The lowest BCUT2D eigenvalue weighted by Crippen LogP contribution is -2.28. The van der Waals surface area contributed by atoms with E-state index in [2.05, 4.69) is 19.2 Å². The molecule has 0 saturated carbocycles. The zero-order chi connectivity index (χ0) is 22.6. The van der Waals surface area contributed by atoms with Crippen LogP contribution in [-0.4, -0.2) is 21.4 Å². The Hall–Kier alpha value is -3.19. The Bertz CT molecular complexity index is 1180. The molecule has 0 radical (unpaired) electrons. The van der Waals surface area contributed by atoms with Gasteiger partial charge in [-0.1, -0.05) is 56.3 Å². The van der Waals surface area contributed by atoms with Gasteiger partial charge in [-0.25, -0.2) is 12.8 Å². The highest BCUT2D eigenvalue weighted by Gasteiger charge is 2.24. The van der Waals surface area contributed by atoms with Gasteiger partial charge in [-0.15, -0.1) is 0 Å². The van der Waals surface area contributed by atoms with Crippen molar-refractivity contribution in [3.05, 3.63) is 95.3 Å². The molecule has 1 N–H and O–H groups in total. The number of hydrogen-bond acceptors (Lipinski definition) is 3. The molecular formula is C24H25FN2O3S. The molecule has 0 aromatic heterocycles. The lowest BCUT2D eigenvalue weighted by Gasteiger charge is -2.20. The van der Waals surface area contributed by atoms with Crippen LogP contribution in [0.4, 0.5) is 10.1 Å². The summed E-state index contributed by atoms with van der Waals surface area (Å²) in [5, 5.41) is 2.81. The summed E-state index contributed by atoms with van der Waals surface area (Å²) in [5.74, 6) is -0.611. The van der Waals surface area contributed by atoms with Crippen molar-refractivity contribution in [3.8, 4) is 0 Å². The molecule has 0 bridgehead atoms. The number of carbonyl (C=O) groups is 1. The van der Waals surface area contributed by atoms with Gasteiger partial charge >= 0.3 is 0 Å². The number of anilines is 1. The predicted octanol–water partition coefficient (Wildman–Crippen LogP) is 4.70. The molecule has 0 saturated heterocycles. The van der Waals surface area contributed by atoms with Gasteiger partial charge < -0.3 is 5.32 Å². The van der Waals surface area contributed by atoms with Crippen LogP contribution in [0.2, 0.25) is 0 Å². The van der Waals surface area contributed by atoms with Crippen LogP contribution in [0.3, 0.4) is 0 Å². The average Bonchev–Trinajstić information content (AvgIpc) is 2.77. The molecule has 1 amide bonds. The molecular weight excluding hydrogens is 415 g/mol. The molecule has 3 rings (SSSR count). The number of rotatable bonds is 7. The molecule has 162 valence electrons. The van der Waals surface area contributed by atoms with Crippen molar-refractivity contribution < 1.29 is 17.6 Å². The quantitative estimate of drug-likeness (QED) is 0.579. The molecule has 0 aliphatic heterocycles. The molecule has 3 aromatic rings. The third-order valence-corrected chi connectivity index (χ3v) is 6.81. The minimum Gasteiger partial charge on any atom is -0.348 e. The van der Waals surface area contributed by atoms with Gasteiger partial charge in [-0.05, 0) is 47.4 Å². The van der Waals surface area contributed by atoms with Gasteiger partial charge in [-0.3, -0.25) is 9.10 Å². The Balaban J connectivity index is 1.76. The molecule has 0 heterocycles. The Morgan fingerprint density at radius 2 is 1.68 bits per heavy atom. The standard InChI is InChI=1S/C24H25FN2O3S/c1-17(2)19-13-11-18(12-14-19)16-26-24(28)20-7-6-8-21(15-20)31(29,30)27(3)23-10-5-4-9-22(23)25/h4-15,17H,16H2,1-3H3,(H,26,28). The zero-order valence-electron chi connectivity index (χ0n) is 17.7. The molecule has 0 unspecified atom stereocenters. The lowest BCUT2D eigenvalue weighted by atomic mass is 10.0. The second-order valence-corrected chi connectivity index (χ2v) is 9.50. The summed E-state index contributed by atoms with van der Waals surface area (Å²) < 4.78 is 40.8. The SMILES string of the molecule is CC(C)c1ccc(CNC(=O)c2cccc(S(=O)(=O)N(C)c3ccccc3F)c2)cc1. The van der Waals surface area contributed by atoms with Crippen molar-refractivity contribution in [1.29, 1.82) is 0 Å². The second-order valence-electron chi connectivity index (χ2n) is 7.53. The molecule has 5 nitrogen and oxygen atoms in total. The zero-order valence-corrected chi connectivity index (χ0v) is 18.5. The second kappa shape index (κ2) is 9.31. The Morgan fingerprint density at radius 1 is 1.00 bits per heavy atom. The van der Waals surface area contributed by atoms with Crippen molar-refractivity contribution in [3.63, 3.8) is 0 Å². The van der Waals surface area contributed by atoms with E-state index in [1.807, 2.05) is 24.3 Å². The maximum Gasteiger partial charge on any atom is 0.264 e. The fraction of sp³-hybridized carbons (Fsp3) is 0.208. The highest BCUT2D eigenvalue weighted by atomic mass is 32.2. The Labute approximate surface area is 182 Å². The van der Waals surface area contributed by atoms with E-state index in [4.69, 9.17) is 0 Å². The summed E-state index contributed by atoms with van der Waals surface area (Å²) in [4.78, 5) is 12.5. The number of sulfonamides is 1. The first-order valence-electron chi connectivity index (χ1n) is 9.90. The van der Waals surface area contributed by atoms with Crippen molar-refractivity contribution in [2.75, 3.05) is 11.4 Å². The van der Waals surface area contributed by atoms with Gasteiger partial charge in [0.25, 0.3) is 15.9 Å². The summed E-state index contributed by atoms with van der Waals surface area (Å²) in [6, 6.07) is 19.3. The highest BCUT2D eigenvalue weighted by molar-refractivity contribution is 7.92. The van der Waals surface area contributed by atoms with Crippen LogP contribution in [-0.2, 0) is 16.6 Å². The number of para-hydroxylation sites is 1. The molecule has 7 heteroatoms. The fourth-order valence-electron chi connectivity index (χ4n) is 3.10. The van der Waals surface area contributed by atoms with Crippen LogP contribution in [0.25, 0.3) is 0 Å². The third kappa shape index (κ3) is 5.11. The van der Waals surface area contributed by atoms with E-state index in [9.17, 15) is 17.6 Å². The highest BCUT2D eigenvalue weighted by Crippen LogP contribution is 2.25. The number of nitrogens with zero attached hydrogens (tertiary/aromatic N) is 1. The topological polar surface area (TPSA) is 66.5 Å². The summed E-state index contributed by atoms with van der Waals surface area (Å²) in [7, 11) is -2.76. The number of amides is 1. The number of hydrogen-bond donors (Lipinski definition) is 1. The molecule has 0 atom stereocenters. The number of carbonyl (C=O) groups excluding carboxylic acids is 1. The van der Waals surface area contributed by atoms with Crippen molar-refractivity contribution in [1.82, 2.24) is 5.32 Å². The summed E-state index contributed by atoms with van der Waals surface area (Å²) >= 11 is 0. The van der Waals surface area contributed by atoms with Crippen molar-refractivity contribution in [2.24, 2.45) is 0 Å². The average molecular weight is 441 g/mol. The molecule has 3 aromatic carbocycles. The maximum atomic E-state index is 14.1. The summed E-state index contributed by atoms with van der Waals surface area (Å²) in [6.45, 7) is 4.55. The lowest BCUT2D eigenvalue weighted by molar-refractivity contribution is 0.0950. The van der Waals surface area contributed by atoms with E-state index >= 15 is 0 Å². The van der Waals surface area contributed by atoms with Crippen LogP contribution < -0.4 is 9.62 Å². The largest absolute Gasteiger partial charge is 0.348 e. The minimum atomic E-state index is -4.04. The van der Waals surface area contributed by atoms with Gasteiger partial charge in [0.05, 0.1) is 10.6 Å². The summed E-state index contributed by atoms with van der Waals surface area (Å²) in [5.41, 5.74) is 2.30. The molecule has 0 aliphatic carbocycles. The van der Waals surface area contributed by atoms with Crippen LogP contribution in [0.1, 0.15) is 41.3 Å². The maximum absolute atomic E-state index is 14.1. The third-order valence-electron chi connectivity index (χ3n) is 5.05. The smallest absolute Gasteiger partial charge is 0.264 e. The first-order chi connectivity index (χ1) is 14.7. The van der Waals surface area contributed by atoms with E-state index in [0.29, 0.717) is 12.5 Å². The van der Waals surface area contributed by atoms with Gasteiger partial charge in [-0.2, -0.15) is 0 Å². The van der Waals surface area contributed by atoms with E-state index in [1.54, 1.807) is 12.1 Å². The monoisotopic (exact) mass is 440 g/mol. The normalized spacial score (nSPS) is 11.4. The Kier molecular flexibility index (Phi) is 6.75. The van der Waals surface area contributed by atoms with Gasteiger partial charge in [0.15, 0.2) is 0 Å². The molecule has 0 fully saturated rings. The van der Waals surface area contributed by atoms with Crippen molar-refractivity contribution >= 4 is 21.6 Å². The van der Waals surface area contributed by atoms with E-state index in [-0.39, 0.29) is 16.1 Å². The summed E-state index contributed by atoms with van der Waals surface area (Å²) in [6.07, 6.45) is 0. The van der Waals surface area contributed by atoms with Crippen LogP contribution in [0, 0.1) is 5.82 Å². The van der Waals surface area contributed by atoms with Crippen LogP contribution in [0.15, 0.2) is 77.7 Å². The van der Waals surface area contributed by atoms with E-state index in [0.717, 1.165) is 9.87 Å². The van der Waals surface area contributed by atoms with Crippen LogP contribution >= 0.6 is 0 Å². The minimum absolute atomic E-state index is 0.0674. The first kappa shape index (κ1) is 22.5. The van der Waals surface area contributed by atoms with E-state index < -0.39 is 21.7 Å². The first-order valence-corrected chi connectivity index (χ1v) is 11.3. The van der Waals surface area contributed by atoms with Gasteiger partial charge in [0.2, 0.25) is 0 Å². The molecule has 31 heavy (non-hydrogen) atoms. The van der Waals surface area contributed by atoms with Crippen LogP contribution in [0.5, 0.6) is 0 Å².